The summed E-state index contributed by atoms with van der Waals surface area (Å²) in [7, 11) is 0. The van der Waals surface area contributed by atoms with E-state index in [0.29, 0.717) is 6.67 Å². The van der Waals surface area contributed by atoms with E-state index in [1.54, 1.807) is 12.1 Å². The maximum Gasteiger partial charge on any atom is 0.137 e. The number of pyridine rings is 1. The van der Waals surface area contributed by atoms with Crippen molar-refractivity contribution in [3.63, 3.8) is 0 Å². The highest BCUT2D eigenvalue weighted by atomic mass is 19.1. The third kappa shape index (κ3) is 7.68. The summed E-state index contributed by atoms with van der Waals surface area (Å²) in [5.74, 6) is 2.13. The predicted octanol–water partition coefficient (Wildman–Crippen LogP) is 16.4. The van der Waals surface area contributed by atoms with E-state index in [4.69, 9.17) is 9.72 Å². The molecule has 0 saturated heterocycles. The number of benzene rings is 7. The SMILES string of the molecule is CCc1cccc(CC)c1-c1cc(Oc2ccc3c4ccccc4n(-c4cc(C(C)(C)C)ccn4)c3c2)cc(N2CN(c3c(-c4ccc(F)cc4)cccc3C(C)(C)C)c3ccccc32)c1. The van der Waals surface area contributed by atoms with E-state index < -0.39 is 0 Å². The third-order valence-electron chi connectivity index (χ3n) is 13.2. The van der Waals surface area contributed by atoms with E-state index in [-0.39, 0.29) is 16.6 Å². The molecule has 10 rings (SSSR count). The summed E-state index contributed by atoms with van der Waals surface area (Å²) in [6.45, 7) is 18.5. The molecule has 1 aliphatic heterocycles. The largest absolute Gasteiger partial charge is 0.457 e. The van der Waals surface area contributed by atoms with Crippen molar-refractivity contribution in [2.24, 2.45) is 0 Å². The first-order valence-electron chi connectivity index (χ1n) is 23.3. The molecule has 66 heavy (non-hydrogen) atoms. The van der Waals surface area contributed by atoms with E-state index in [2.05, 4.69) is 203 Å². The Morgan fingerprint density at radius 2 is 1.26 bits per heavy atom. The van der Waals surface area contributed by atoms with Crippen LogP contribution < -0.4 is 14.5 Å². The molecule has 0 spiro atoms. The highest BCUT2D eigenvalue weighted by Gasteiger charge is 2.34. The Balaban J connectivity index is 1.14. The summed E-state index contributed by atoms with van der Waals surface area (Å²) < 4.78 is 23.7. The lowest BCUT2D eigenvalue weighted by molar-refractivity contribution is 0.483. The second-order valence-electron chi connectivity index (χ2n) is 19.6. The Hall–Kier alpha value is -7.18. The molecule has 0 aliphatic carbocycles. The molecule has 6 heteroatoms. The van der Waals surface area contributed by atoms with Crippen molar-refractivity contribution in [2.45, 2.75) is 79.1 Å². The number of hydrogen-bond acceptors (Lipinski definition) is 4. The second-order valence-corrected chi connectivity index (χ2v) is 19.6. The minimum atomic E-state index is -0.246. The van der Waals surface area contributed by atoms with Gasteiger partial charge in [-0.25, -0.2) is 9.37 Å². The lowest BCUT2D eigenvalue weighted by Gasteiger charge is -2.32. The van der Waals surface area contributed by atoms with Gasteiger partial charge in [0, 0.05) is 40.4 Å². The first-order chi connectivity index (χ1) is 31.8. The Morgan fingerprint density at radius 1 is 0.576 bits per heavy atom. The summed E-state index contributed by atoms with van der Waals surface area (Å²) in [5.41, 5.74) is 15.8. The van der Waals surface area contributed by atoms with Crippen LogP contribution in [0.3, 0.4) is 0 Å². The number of anilines is 4. The third-order valence-corrected chi connectivity index (χ3v) is 13.2. The Labute approximate surface area is 388 Å². The molecule has 0 radical (unpaired) electrons. The quantitative estimate of drug-likeness (QED) is 0.145. The first kappa shape index (κ1) is 42.8. The summed E-state index contributed by atoms with van der Waals surface area (Å²) in [6, 6.07) is 54.8. The van der Waals surface area contributed by atoms with Crippen molar-refractivity contribution >= 4 is 44.6 Å². The van der Waals surface area contributed by atoms with Gasteiger partial charge in [-0.1, -0.05) is 134 Å². The highest BCUT2D eigenvalue weighted by Crippen LogP contribution is 2.51. The number of hydrogen-bond donors (Lipinski definition) is 0. The van der Waals surface area contributed by atoms with Gasteiger partial charge < -0.3 is 14.5 Å². The van der Waals surface area contributed by atoms with Gasteiger partial charge >= 0.3 is 0 Å². The van der Waals surface area contributed by atoms with Crippen LogP contribution >= 0.6 is 0 Å². The van der Waals surface area contributed by atoms with Gasteiger partial charge in [0.2, 0.25) is 0 Å². The maximum atomic E-state index is 14.3. The van der Waals surface area contributed by atoms with Gasteiger partial charge in [0.15, 0.2) is 0 Å². The first-order valence-corrected chi connectivity index (χ1v) is 23.3. The molecular weight excluding hydrogens is 812 g/mol. The topological polar surface area (TPSA) is 33.5 Å². The number of fused-ring (bicyclic) bond motifs is 4. The molecule has 0 saturated carbocycles. The molecule has 9 aromatic rings. The molecule has 0 fully saturated rings. The fourth-order valence-electron chi connectivity index (χ4n) is 9.89. The molecular formula is C60H57FN4O. The molecule has 0 atom stereocenters. The van der Waals surface area contributed by atoms with E-state index in [1.165, 1.54) is 33.2 Å². The van der Waals surface area contributed by atoms with Crippen molar-refractivity contribution in [2.75, 3.05) is 16.5 Å². The van der Waals surface area contributed by atoms with Crippen molar-refractivity contribution in [1.29, 1.82) is 0 Å². The van der Waals surface area contributed by atoms with Gasteiger partial charge in [-0.2, -0.15) is 0 Å². The van der Waals surface area contributed by atoms with Gasteiger partial charge in [0.1, 0.15) is 29.8 Å². The summed E-state index contributed by atoms with van der Waals surface area (Å²) in [4.78, 5) is 9.78. The molecule has 0 bridgehead atoms. The molecule has 3 heterocycles. The van der Waals surface area contributed by atoms with Gasteiger partial charge in [-0.3, -0.25) is 4.57 Å². The van der Waals surface area contributed by atoms with E-state index in [0.717, 1.165) is 86.0 Å². The zero-order valence-electron chi connectivity index (χ0n) is 39.3. The highest BCUT2D eigenvalue weighted by molar-refractivity contribution is 6.09. The number of ether oxygens (including phenoxy) is 1. The smallest absolute Gasteiger partial charge is 0.137 e. The Kier molecular flexibility index (Phi) is 10.8. The molecule has 2 aromatic heterocycles. The molecule has 5 nitrogen and oxygen atoms in total. The van der Waals surface area contributed by atoms with Gasteiger partial charge in [-0.05, 0) is 129 Å². The van der Waals surface area contributed by atoms with Crippen LogP contribution in [0.25, 0.3) is 49.9 Å². The second kappa shape index (κ2) is 16.7. The number of rotatable bonds is 9. The normalized spacial score (nSPS) is 12.9. The summed E-state index contributed by atoms with van der Waals surface area (Å²) >= 11 is 0. The van der Waals surface area contributed by atoms with Crippen LogP contribution in [0.5, 0.6) is 11.5 Å². The minimum absolute atomic E-state index is 0.0325. The van der Waals surface area contributed by atoms with E-state index in [9.17, 15) is 4.39 Å². The van der Waals surface area contributed by atoms with Crippen LogP contribution in [0.4, 0.5) is 27.1 Å². The zero-order valence-corrected chi connectivity index (χ0v) is 39.3. The fourth-order valence-corrected chi connectivity index (χ4v) is 9.89. The lowest BCUT2D eigenvalue weighted by Crippen LogP contribution is -2.27. The fraction of sp³-hybridized carbons (Fsp3) is 0.217. The van der Waals surface area contributed by atoms with Crippen LogP contribution in [0.15, 0.2) is 164 Å². The van der Waals surface area contributed by atoms with Crippen molar-refractivity contribution in [1.82, 2.24) is 9.55 Å². The Bertz CT molecular complexity index is 3260. The number of aromatic nitrogens is 2. The van der Waals surface area contributed by atoms with Crippen LogP contribution in [0.1, 0.15) is 77.6 Å². The molecule has 330 valence electrons. The summed E-state index contributed by atoms with van der Waals surface area (Å²) in [5, 5.41) is 2.31. The number of halogens is 1. The van der Waals surface area contributed by atoms with Crippen LogP contribution in [-0.4, -0.2) is 16.2 Å². The predicted molar refractivity (Wildman–Crippen MR) is 274 cm³/mol. The molecule has 0 unspecified atom stereocenters. The molecule has 7 aromatic carbocycles. The van der Waals surface area contributed by atoms with Crippen molar-refractivity contribution < 1.29 is 9.13 Å². The van der Waals surface area contributed by atoms with Crippen LogP contribution in [0, 0.1) is 5.82 Å². The van der Waals surface area contributed by atoms with E-state index in [1.807, 2.05) is 18.3 Å². The average molecular weight is 869 g/mol. The maximum absolute atomic E-state index is 14.3. The summed E-state index contributed by atoms with van der Waals surface area (Å²) in [6.07, 6.45) is 3.74. The standard InChI is InChI=1S/C60H57FN4O/c1-9-39-17-15-18-40(10-2)57(39)42-33-45(63-38-64(54-24-14-13-23-53(54)63)58-48(41-25-27-44(61)28-26-41)20-16-21-51(58)60(6,7)8)36-47(34-42)66-46-29-30-50-49-19-11-12-22-52(49)65(55(50)37-46)56-35-43(31-32-62-56)59(3,4)5/h11-37H,9-10,38H2,1-8H3. The number of para-hydroxylation sites is 4. The molecule has 0 N–H and O–H groups in total. The zero-order chi connectivity index (χ0) is 45.9. The van der Waals surface area contributed by atoms with E-state index >= 15 is 0 Å². The minimum Gasteiger partial charge on any atom is -0.457 e. The van der Waals surface area contributed by atoms with Crippen LogP contribution in [-0.2, 0) is 23.7 Å². The van der Waals surface area contributed by atoms with Crippen LogP contribution in [0.2, 0.25) is 0 Å². The van der Waals surface area contributed by atoms with Crippen molar-refractivity contribution in [3.05, 3.63) is 192 Å². The Morgan fingerprint density at radius 3 is 1.97 bits per heavy atom. The van der Waals surface area contributed by atoms with Gasteiger partial charge in [0.05, 0.1) is 28.1 Å². The van der Waals surface area contributed by atoms with Gasteiger partial charge in [0.25, 0.3) is 0 Å². The number of aryl methyl sites for hydroxylation is 2. The lowest BCUT2D eigenvalue weighted by atomic mass is 9.83. The monoisotopic (exact) mass is 868 g/mol. The van der Waals surface area contributed by atoms with Crippen molar-refractivity contribution in [3.8, 4) is 39.6 Å². The molecule has 0 amide bonds. The number of nitrogens with zero attached hydrogens (tertiary/aromatic N) is 4. The van der Waals surface area contributed by atoms with Gasteiger partial charge in [-0.15, -0.1) is 0 Å². The average Bonchev–Trinajstić information content (AvgIpc) is 3.86. The molecule has 1 aliphatic rings.